The number of carbonyl (C=O) groups excluding carboxylic acids is 3. The van der Waals surface area contributed by atoms with Crippen LogP contribution in [0, 0.1) is 17.7 Å². The Bertz CT molecular complexity index is 2080. The summed E-state index contributed by atoms with van der Waals surface area (Å²) >= 11 is 12.9. The van der Waals surface area contributed by atoms with Gasteiger partial charge in [-0.2, -0.15) is 8.78 Å². The Kier molecular flexibility index (Phi) is 14.6. The summed E-state index contributed by atoms with van der Waals surface area (Å²) in [6.07, 6.45) is 5.43. The van der Waals surface area contributed by atoms with E-state index in [2.05, 4.69) is 19.9 Å². The van der Waals surface area contributed by atoms with Crippen molar-refractivity contribution in [3.63, 3.8) is 0 Å². The summed E-state index contributed by atoms with van der Waals surface area (Å²) < 4.78 is 68.0. The molecule has 17 heteroatoms. The van der Waals surface area contributed by atoms with Crippen LogP contribution in [0.5, 0.6) is 11.5 Å². The van der Waals surface area contributed by atoms with E-state index in [1.54, 1.807) is 12.1 Å². The van der Waals surface area contributed by atoms with Gasteiger partial charge >= 0.3 is 24.5 Å². The van der Waals surface area contributed by atoms with Crippen LogP contribution in [0.15, 0.2) is 79.1 Å². The minimum Gasteiger partial charge on any atom is -0.870 e. The number of hydrogen-bond acceptors (Lipinski definition) is 11. The van der Waals surface area contributed by atoms with E-state index >= 15 is 0 Å². The van der Waals surface area contributed by atoms with Crippen molar-refractivity contribution in [2.45, 2.75) is 57.0 Å². The van der Waals surface area contributed by atoms with Crippen molar-refractivity contribution < 1.29 is 61.7 Å². The predicted molar refractivity (Wildman–Crippen MR) is 207 cm³/mol. The van der Waals surface area contributed by atoms with Gasteiger partial charge in [0.15, 0.2) is 36.5 Å². The van der Waals surface area contributed by atoms with Crippen LogP contribution in [0.4, 0.5) is 18.9 Å². The molecule has 4 aromatic rings. The summed E-state index contributed by atoms with van der Waals surface area (Å²) in [5, 5.41) is 3.64. The van der Waals surface area contributed by atoms with Gasteiger partial charge < -0.3 is 34.5 Å². The van der Waals surface area contributed by atoms with Crippen LogP contribution in [-0.4, -0.2) is 73.8 Å². The number of hydrogen-bond donors (Lipinski definition) is 1. The topological polar surface area (TPSA) is 157 Å². The molecule has 3 aliphatic heterocycles. The fraction of sp³-hybridized carbons (Fsp3) is 0.381. The van der Waals surface area contributed by atoms with Crippen LogP contribution in [-0.2, 0) is 30.2 Å². The van der Waals surface area contributed by atoms with Gasteiger partial charge in [-0.1, -0.05) is 47.5 Å². The standard InChI is InChI=1S/C42H40Cl2F3N3O8.H2O/c43-32-19-48-20-33(44)31(32)18-35(27-8-11-34(58-42(46)47)36(17-27)54-22-24-4-5-24)56-38(51)23-55-40(52)28-2-1-3-30(16-28)49-39(26-6-9-29(45)10-7-26)41(53)57-37-21-50-14-12-25(37)13-15-50;/h1-3,6-11,16-17,19-20,24-25,35,37,39,42,49H,4-5,12-15,18,21-23H2;1H2/t35-,37-,39?;/m0./s1. The molecule has 3 saturated heterocycles. The fourth-order valence-corrected chi connectivity index (χ4v) is 7.64. The first-order valence-electron chi connectivity index (χ1n) is 19.0. The molecule has 0 spiro atoms. The molecule has 8 rings (SSSR count). The van der Waals surface area contributed by atoms with Crippen molar-refractivity contribution in [1.29, 1.82) is 0 Å². The molecule has 59 heavy (non-hydrogen) atoms. The Hall–Kier alpha value is -5.09. The minimum atomic E-state index is -3.10. The lowest BCUT2D eigenvalue weighted by molar-refractivity contribution is -0.377. The summed E-state index contributed by atoms with van der Waals surface area (Å²) in [6, 6.07) is 14.8. The first-order valence-corrected chi connectivity index (χ1v) is 19.7. The first-order chi connectivity index (χ1) is 28.0. The third-order valence-electron chi connectivity index (χ3n) is 10.4. The van der Waals surface area contributed by atoms with Crippen LogP contribution in [0.1, 0.15) is 64.9 Å². The zero-order valence-electron chi connectivity index (χ0n) is 31.6. The van der Waals surface area contributed by atoms with Crippen LogP contribution < -0.4 is 19.8 Å². The van der Waals surface area contributed by atoms with Crippen molar-refractivity contribution in [2.24, 2.45) is 11.8 Å². The lowest BCUT2D eigenvalue weighted by atomic mass is 9.86. The van der Waals surface area contributed by atoms with Gasteiger partial charge in [-0.05, 0) is 104 Å². The second-order valence-electron chi connectivity index (χ2n) is 14.6. The van der Waals surface area contributed by atoms with Gasteiger partial charge in [0.25, 0.3) is 0 Å². The summed E-state index contributed by atoms with van der Waals surface area (Å²) in [5.41, 5.74) is 1.68. The Balaban J connectivity index is 0.00000585. The largest absolute Gasteiger partial charge is 0.870 e. The minimum absolute atomic E-state index is 0. The van der Waals surface area contributed by atoms with Gasteiger partial charge in [-0.25, -0.2) is 23.8 Å². The van der Waals surface area contributed by atoms with Gasteiger partial charge in [0.05, 0.1) is 12.2 Å². The van der Waals surface area contributed by atoms with Crippen molar-refractivity contribution in [3.8, 4) is 11.5 Å². The molecule has 3 aromatic carbocycles. The summed E-state index contributed by atoms with van der Waals surface area (Å²) in [7, 11) is 0. The number of fused-ring (bicyclic) bond motifs is 3. The molecule has 314 valence electrons. The van der Waals surface area contributed by atoms with E-state index in [4.69, 9.17) is 42.1 Å². The average molecular weight is 861 g/mol. The number of pyridine rings is 1. The molecule has 4 fully saturated rings. The summed E-state index contributed by atoms with van der Waals surface area (Å²) in [6.45, 7) is -0.993. The Labute approximate surface area is 348 Å². The Morgan fingerprint density at radius 3 is 2.27 bits per heavy atom. The van der Waals surface area contributed by atoms with Crippen molar-refractivity contribution in [2.75, 3.05) is 38.2 Å². The van der Waals surface area contributed by atoms with E-state index in [1.807, 2.05) is 0 Å². The number of halogens is 5. The molecule has 0 radical (unpaired) electrons. The van der Waals surface area contributed by atoms with E-state index < -0.39 is 49.1 Å². The number of alkyl halides is 2. The third-order valence-corrected chi connectivity index (χ3v) is 11.1. The van der Waals surface area contributed by atoms with Gasteiger partial charge in [0, 0.05) is 24.2 Å². The monoisotopic (exact) mass is 859 g/mol. The highest BCUT2D eigenvalue weighted by Gasteiger charge is 2.38. The number of anilines is 1. The zero-order chi connectivity index (χ0) is 40.8. The van der Waals surface area contributed by atoms with E-state index in [0.717, 1.165) is 38.8 Å². The van der Waals surface area contributed by atoms with E-state index in [1.165, 1.54) is 67.0 Å². The molecule has 1 aromatic heterocycles. The number of rotatable bonds is 17. The number of aromatic nitrogens is 1. The van der Waals surface area contributed by atoms with Gasteiger partial charge in [-0.15, -0.1) is 0 Å². The maximum Gasteiger partial charge on any atom is 0.387 e. The van der Waals surface area contributed by atoms with E-state index in [9.17, 15) is 27.6 Å². The molecule has 4 heterocycles. The number of benzene rings is 3. The van der Waals surface area contributed by atoms with E-state index in [0.29, 0.717) is 41.4 Å². The maximum absolute atomic E-state index is 13.9. The van der Waals surface area contributed by atoms with Gasteiger partial charge in [-0.3, -0.25) is 4.90 Å². The van der Waals surface area contributed by atoms with Crippen LogP contribution >= 0.6 is 23.2 Å². The lowest BCUT2D eigenvalue weighted by Crippen LogP contribution is -2.52. The number of nitrogens with zero attached hydrogens (tertiary/aromatic N) is 1. The Morgan fingerprint density at radius 1 is 0.898 bits per heavy atom. The van der Waals surface area contributed by atoms with Crippen molar-refractivity contribution in [1.82, 2.24) is 4.90 Å². The number of aromatic amines is 1. The molecule has 2 bridgehead atoms. The SMILES string of the molecule is O=C(COC(=O)c1cccc(NC(C(=O)O[C@H]2CN3CCC2CC3)c2ccc(F)cc2)c1)O[C@@H](Cc1c(Cl)c[nH+]cc1Cl)c1ccc(OC(F)F)c(OCC2CC2)c1.[OH-]. The van der Waals surface area contributed by atoms with Gasteiger partial charge in [0.2, 0.25) is 0 Å². The molecule has 4 aliphatic rings. The normalized spacial score (nSPS) is 19.2. The second kappa shape index (κ2) is 19.8. The average Bonchev–Trinajstić information content (AvgIpc) is 4.05. The summed E-state index contributed by atoms with van der Waals surface area (Å²) in [5.74, 6) is -2.37. The molecule has 12 nitrogen and oxygen atoms in total. The molecule has 0 amide bonds. The number of nitrogens with one attached hydrogen (secondary N) is 2. The zero-order valence-corrected chi connectivity index (χ0v) is 33.1. The molecule has 1 saturated carbocycles. The number of ether oxygens (including phenoxy) is 5. The number of carbonyl (C=O) groups is 3. The van der Waals surface area contributed by atoms with Gasteiger partial charge in [0.1, 0.15) is 28.1 Å². The highest BCUT2D eigenvalue weighted by Crippen LogP contribution is 2.38. The quantitative estimate of drug-likeness (QED) is 0.0823. The molecule has 1 aliphatic carbocycles. The molecule has 1 unspecified atom stereocenters. The third kappa shape index (κ3) is 11.6. The maximum atomic E-state index is 13.9. The lowest BCUT2D eigenvalue weighted by Gasteiger charge is -2.44. The number of piperidine rings is 3. The molecular weight excluding hydrogens is 818 g/mol. The molecule has 3 atom stereocenters. The summed E-state index contributed by atoms with van der Waals surface area (Å²) in [4.78, 5) is 45.3. The highest BCUT2D eigenvalue weighted by atomic mass is 35.5. The van der Waals surface area contributed by atoms with Crippen molar-refractivity contribution >= 4 is 46.8 Å². The van der Waals surface area contributed by atoms with Crippen LogP contribution in [0.3, 0.4) is 0 Å². The molecule has 3 N–H and O–H groups in total. The van der Waals surface area contributed by atoms with E-state index in [-0.39, 0.29) is 51.0 Å². The smallest absolute Gasteiger partial charge is 0.387 e. The fourth-order valence-electron chi connectivity index (χ4n) is 7.11. The first kappa shape index (κ1) is 43.5. The van der Waals surface area contributed by atoms with Crippen LogP contribution in [0.2, 0.25) is 10.0 Å². The van der Waals surface area contributed by atoms with Crippen LogP contribution in [0.25, 0.3) is 0 Å². The van der Waals surface area contributed by atoms with Crippen molar-refractivity contribution in [3.05, 3.63) is 117 Å². The molecular formula is C42H42Cl2F3N3O9. The highest BCUT2D eigenvalue weighted by molar-refractivity contribution is 6.35. The Morgan fingerprint density at radius 2 is 1.61 bits per heavy atom. The second-order valence-corrected chi connectivity index (χ2v) is 15.4. The number of esters is 3. The number of H-pyrrole nitrogens is 1. The predicted octanol–water partition coefficient (Wildman–Crippen LogP) is 7.63.